The number of benzene rings is 10. The van der Waals surface area contributed by atoms with Gasteiger partial charge in [-0.25, -0.2) is 27.2 Å². The molecule has 136 heavy (non-hydrogen) atoms. The molecule has 17 rings (SSSR count). The molecule has 0 saturated heterocycles. The monoisotopic (exact) mass is 2080 g/mol. The number of anilines is 1. The summed E-state index contributed by atoms with van der Waals surface area (Å²) in [6.45, 7) is 1.08. The number of alkyl halides is 6. The average Bonchev–Trinajstić information content (AvgIpc) is 1.59. The highest BCUT2D eigenvalue weighted by atomic mass is 79.9. The van der Waals surface area contributed by atoms with Crippen molar-refractivity contribution in [3.05, 3.63) is 308 Å². The van der Waals surface area contributed by atoms with E-state index in [4.69, 9.17) is 10.9 Å². The number of nitrogen functional groups attached to an aromatic ring is 1. The van der Waals surface area contributed by atoms with Gasteiger partial charge in [0.05, 0.1) is 63.5 Å². The number of Topliss-reactive ketones (excluding diaryl/α,β-unsaturated/α-hetero) is 3. The van der Waals surface area contributed by atoms with Gasteiger partial charge in [0, 0.05) is 128 Å². The Bertz CT molecular complexity index is 6820. The lowest BCUT2D eigenvalue weighted by Crippen LogP contribution is -2.37. The number of hydrogen-bond acceptors (Lipinski definition) is 15. The number of nitrogens with one attached hydrogen (secondary N) is 6. The van der Waals surface area contributed by atoms with Gasteiger partial charge in [-0.2, -0.15) is 26.3 Å². The zero-order valence-electron chi connectivity index (χ0n) is 72.5. The van der Waals surface area contributed by atoms with Gasteiger partial charge in [-0.3, -0.25) is 58.8 Å². The van der Waals surface area contributed by atoms with Gasteiger partial charge in [-0.05, 0) is 217 Å². The number of rotatable bonds is 22. The Hall–Kier alpha value is -13.3. The Balaban J connectivity index is 0.000000159. The molecule has 0 spiro atoms. The van der Waals surface area contributed by atoms with E-state index in [-0.39, 0.29) is 141 Å². The fourth-order valence-electron chi connectivity index (χ4n) is 16.5. The molecule has 0 saturated carbocycles. The van der Waals surface area contributed by atoms with Gasteiger partial charge in [0.1, 0.15) is 23.3 Å². The van der Waals surface area contributed by atoms with Crippen molar-refractivity contribution < 1.29 is 107 Å². The van der Waals surface area contributed by atoms with Gasteiger partial charge in [0.2, 0.25) is 0 Å². The van der Waals surface area contributed by atoms with Crippen LogP contribution >= 0.6 is 60.2 Å². The van der Waals surface area contributed by atoms with E-state index in [1.54, 1.807) is 48.5 Å². The summed E-state index contributed by atoms with van der Waals surface area (Å²) in [4.78, 5) is 146. The molecule has 5 heterocycles. The number of ketones is 3. The Morgan fingerprint density at radius 2 is 0.875 bits per heavy atom. The molecule has 706 valence electrons. The fourth-order valence-corrected chi connectivity index (χ4v) is 17.7. The standard InChI is InChI=1S/C29H20BrF4N3O5.C22H19F3N2O4.C20H18BrFN2O.C20H19FN2O.C7H6BrFN2O2.ClH/c1-36(28(42)29(32,33)34)13-14-6-8-15(9-7-14)23-18(21-19(27(40)41)12-20(31)22(30)24(21)35-23)10-11-37-25(38)16-4-2-3-5-17(16)26(37)39;1-26(21(31)22(23,24)25)13-14-8-10-15(11-9-14)18(28)7-4-12-27-19(29)16-5-2-3-6-17(16)20(27)30;1-23-10-11-5-7-12(8-6-11)19-13-3-2-4-16(25)14-9-15(22)18(21)20(24-19)17(13)14;1-22-11-12-5-7-13(8-6-12)20-15-3-2-4-18(24)16-9-14(21)10-17(23-20)19(15)16;8-6-4(9)1-3(7(12)13)2-5(6)11-10;/h2-9,12,35H,10-11,13H2,1H3,(H,40,41);2-3,5-6,8-11H,4,7,12-13H2,1H3;5-9,23-24H,2-4,10H2,1H3;5-10,22-23H,2-4,11H2,1H3;1-2,11H,10H2,(H,12,13);1H. The number of nitrogens with two attached hydrogens (primary N) is 1. The molecule has 6 amide bonds. The van der Waals surface area contributed by atoms with E-state index in [1.807, 2.05) is 14.1 Å². The Morgan fingerprint density at radius 1 is 0.463 bits per heavy atom. The minimum absolute atomic E-state index is 0. The number of aromatic amines is 3. The molecule has 24 nitrogen and oxygen atoms in total. The van der Waals surface area contributed by atoms with Crippen LogP contribution in [0.25, 0.3) is 66.5 Å². The molecule has 10 aromatic carbocycles. The molecular formula is C98H83Br3ClF10N11O13. The second-order valence-electron chi connectivity index (χ2n) is 31.9. The van der Waals surface area contributed by atoms with Crippen molar-refractivity contribution in [2.75, 3.05) is 46.7 Å². The van der Waals surface area contributed by atoms with Crippen molar-refractivity contribution >= 4 is 163 Å². The summed E-state index contributed by atoms with van der Waals surface area (Å²) in [5, 5.41) is 26.7. The molecule has 0 bridgehead atoms. The third kappa shape index (κ3) is 22.1. The molecule has 38 heteroatoms. The maximum absolute atomic E-state index is 14.7. The molecule has 0 unspecified atom stereocenters. The highest BCUT2D eigenvalue weighted by molar-refractivity contribution is 9.11. The van der Waals surface area contributed by atoms with E-state index >= 15 is 0 Å². The normalized spacial score (nSPS) is 13.1. The molecule has 4 aliphatic rings. The average molecular weight is 2090 g/mol. The van der Waals surface area contributed by atoms with Gasteiger partial charge in [0.15, 0.2) is 17.3 Å². The summed E-state index contributed by atoms with van der Waals surface area (Å²) >= 11 is 9.41. The number of H-pyrrole nitrogens is 3. The van der Waals surface area contributed by atoms with Crippen LogP contribution in [-0.4, -0.2) is 163 Å². The van der Waals surface area contributed by atoms with Crippen molar-refractivity contribution in [2.45, 2.75) is 96.3 Å². The Kier molecular flexibility index (Phi) is 32.3. The highest BCUT2D eigenvalue weighted by Crippen LogP contribution is 2.44. The van der Waals surface area contributed by atoms with E-state index in [1.165, 1.54) is 83.9 Å². The van der Waals surface area contributed by atoms with E-state index in [0.717, 1.165) is 119 Å². The molecule has 13 aromatic rings. The number of hydrazine groups is 1. The molecule has 2 aliphatic carbocycles. The van der Waals surface area contributed by atoms with Gasteiger partial charge in [-0.15, -0.1) is 12.4 Å². The summed E-state index contributed by atoms with van der Waals surface area (Å²) in [6.07, 6.45) is -5.40. The van der Waals surface area contributed by atoms with Crippen LogP contribution in [0.3, 0.4) is 0 Å². The quantitative estimate of drug-likeness (QED) is 0.0100. The topological polar surface area (TPSA) is 351 Å². The number of aromatic carboxylic acids is 2. The van der Waals surface area contributed by atoms with Gasteiger partial charge >= 0.3 is 36.1 Å². The van der Waals surface area contributed by atoms with Crippen molar-refractivity contribution in [1.82, 2.24) is 45.2 Å². The number of aromatic nitrogens is 3. The summed E-state index contributed by atoms with van der Waals surface area (Å²) in [7, 11) is 5.92. The number of aryl methyl sites for hydroxylation is 2. The molecule has 0 fully saturated rings. The molecule has 3 aromatic heterocycles. The maximum Gasteiger partial charge on any atom is 0.471 e. The van der Waals surface area contributed by atoms with Crippen molar-refractivity contribution in [1.29, 1.82) is 0 Å². The second kappa shape index (κ2) is 43.2. The van der Waals surface area contributed by atoms with Gasteiger partial charge in [-0.1, -0.05) is 121 Å². The predicted molar refractivity (Wildman–Crippen MR) is 502 cm³/mol. The highest BCUT2D eigenvalue weighted by Gasteiger charge is 2.43. The number of hydrogen-bond donors (Lipinski definition) is 9. The zero-order chi connectivity index (χ0) is 97.5. The number of halogens is 14. The van der Waals surface area contributed by atoms with Crippen LogP contribution < -0.4 is 21.9 Å². The number of carboxylic acid groups (broad SMARTS) is 2. The first-order valence-electron chi connectivity index (χ1n) is 41.8. The van der Waals surface area contributed by atoms with Gasteiger partial charge in [0.25, 0.3) is 23.6 Å². The van der Waals surface area contributed by atoms with Crippen LogP contribution in [-0.2, 0) is 55.0 Å². The van der Waals surface area contributed by atoms with E-state index in [9.17, 15) is 102 Å². The first-order chi connectivity index (χ1) is 64.2. The number of carboxylic acids is 2. The Labute approximate surface area is 800 Å². The molecule has 0 radical (unpaired) electrons. The van der Waals surface area contributed by atoms with Crippen LogP contribution in [0.5, 0.6) is 0 Å². The van der Waals surface area contributed by atoms with E-state index in [0.29, 0.717) is 93.9 Å². The fraction of sp³-hybridized carbons (Fsp3) is 0.214. The summed E-state index contributed by atoms with van der Waals surface area (Å²) in [5.41, 5.74) is 16.8. The molecular weight excluding hydrogens is 2000 g/mol. The Morgan fingerprint density at radius 3 is 1.33 bits per heavy atom. The van der Waals surface area contributed by atoms with Crippen LogP contribution in [0.2, 0.25) is 0 Å². The number of imide groups is 2. The lowest BCUT2D eigenvalue weighted by molar-refractivity contribution is -0.184. The van der Waals surface area contributed by atoms with E-state index < -0.39 is 65.4 Å². The van der Waals surface area contributed by atoms with Crippen LogP contribution in [0.1, 0.15) is 171 Å². The first-order valence-corrected chi connectivity index (χ1v) is 44.2. The molecule has 2 aliphatic heterocycles. The van der Waals surface area contributed by atoms with Crippen LogP contribution in [0.4, 0.5) is 49.6 Å². The van der Waals surface area contributed by atoms with E-state index in [2.05, 4.69) is 127 Å². The number of carbonyl (C=O) groups excluding carboxylic acids is 9. The lowest BCUT2D eigenvalue weighted by Gasteiger charge is -2.19. The lowest BCUT2D eigenvalue weighted by atomic mass is 9.98. The second-order valence-corrected chi connectivity index (χ2v) is 34.3. The third-order valence-corrected chi connectivity index (χ3v) is 25.3. The molecule has 0 atom stereocenters. The van der Waals surface area contributed by atoms with Crippen LogP contribution in [0, 0.1) is 23.3 Å². The largest absolute Gasteiger partial charge is 0.478 e. The maximum atomic E-state index is 14.7. The summed E-state index contributed by atoms with van der Waals surface area (Å²) in [6, 6.07) is 48.8. The minimum Gasteiger partial charge on any atom is -0.478 e. The van der Waals surface area contributed by atoms with Crippen molar-refractivity contribution in [3.63, 3.8) is 0 Å². The van der Waals surface area contributed by atoms with Crippen LogP contribution in [0.15, 0.2) is 195 Å². The third-order valence-electron chi connectivity index (χ3n) is 22.9. The molecule has 10 N–H and O–H groups in total. The van der Waals surface area contributed by atoms with Crippen molar-refractivity contribution in [3.8, 4) is 33.8 Å². The smallest absolute Gasteiger partial charge is 0.471 e. The SMILES string of the molecule is CN(Cc1ccc(-c2[nH]c3c(Br)c(F)cc(C(=O)O)c3c2CCN2C(=O)c3ccccc3C2=O)cc1)C(=O)C(F)(F)F.CN(Cc1ccc(C(=O)CCCN2C(=O)c3ccccc3C2=O)cc1)C(=O)C(F)(F)F.CNCc1ccc(-c2[nH]c3c(Br)c(F)cc4c3c2CCCC4=O)cc1.CNCc1ccc(-c2[nH]c3cc(F)cc4c3c2CCCC4=O)cc1.Cl.NNc1cc(C(=O)O)cc(F)c1Br. The van der Waals surface area contributed by atoms with Gasteiger partial charge < -0.3 is 51.0 Å². The number of fused-ring (bicyclic) bond motifs is 3. The minimum atomic E-state index is -5.02. The number of carbonyl (C=O) groups is 11. The zero-order valence-corrected chi connectivity index (χ0v) is 78.1. The summed E-state index contributed by atoms with van der Waals surface area (Å²) in [5.74, 6) is -5.67. The number of amides is 6. The predicted octanol–water partition coefficient (Wildman–Crippen LogP) is 20.4. The first kappa shape index (κ1) is 102. The summed E-state index contributed by atoms with van der Waals surface area (Å²) < 4.78 is 132. The van der Waals surface area contributed by atoms with Crippen molar-refractivity contribution in [2.24, 2.45) is 5.84 Å². The number of nitrogens with zero attached hydrogens (tertiary/aromatic N) is 4.